The van der Waals surface area contributed by atoms with E-state index >= 15 is 0 Å². The summed E-state index contributed by atoms with van der Waals surface area (Å²) in [4.78, 5) is 11.2. The van der Waals surface area contributed by atoms with Gasteiger partial charge < -0.3 is 14.2 Å². The van der Waals surface area contributed by atoms with Crippen molar-refractivity contribution in [2.75, 3.05) is 33.0 Å². The molecule has 0 aliphatic carbocycles. The molecular formula is C37H73ClO4. The second kappa shape index (κ2) is 37.0. The Labute approximate surface area is 268 Å². The maximum atomic E-state index is 11.2. The summed E-state index contributed by atoms with van der Waals surface area (Å²) in [5.74, 6) is 0. The first kappa shape index (κ1) is 41.8. The molecule has 0 aromatic rings. The monoisotopic (exact) mass is 617 g/mol. The Morgan fingerprint density at radius 1 is 0.452 bits per heavy atom. The standard InChI is InChI=1S/C37H73ClO4/c1-3-5-7-9-11-13-15-17-19-21-23-25-27-29-31-40-33-36(42-35-37(38)39)34-41-32-30-28-26-24-22-20-18-16-14-12-10-8-6-4-2/h36H,3-35H2,1-2H3. The Hall–Kier alpha value is -0.160. The highest BCUT2D eigenvalue weighted by molar-refractivity contribution is 6.63. The van der Waals surface area contributed by atoms with Crippen LogP contribution < -0.4 is 0 Å². The van der Waals surface area contributed by atoms with E-state index in [0.29, 0.717) is 13.2 Å². The van der Waals surface area contributed by atoms with Gasteiger partial charge in [-0.1, -0.05) is 181 Å². The van der Waals surface area contributed by atoms with Crippen molar-refractivity contribution >= 4 is 16.8 Å². The van der Waals surface area contributed by atoms with Gasteiger partial charge in [-0.15, -0.1) is 0 Å². The lowest BCUT2D eigenvalue weighted by Gasteiger charge is -2.17. The second-order valence-corrected chi connectivity index (χ2v) is 13.1. The molecule has 42 heavy (non-hydrogen) atoms. The third-order valence-electron chi connectivity index (χ3n) is 8.32. The van der Waals surface area contributed by atoms with Gasteiger partial charge in [0.1, 0.15) is 12.7 Å². The molecule has 252 valence electrons. The van der Waals surface area contributed by atoms with Crippen LogP contribution in [0.5, 0.6) is 0 Å². The van der Waals surface area contributed by atoms with Gasteiger partial charge in [0.25, 0.3) is 0 Å². The first-order valence-electron chi connectivity index (χ1n) is 18.7. The van der Waals surface area contributed by atoms with Crippen molar-refractivity contribution in [3.05, 3.63) is 0 Å². The fourth-order valence-corrected chi connectivity index (χ4v) is 5.62. The third-order valence-corrected chi connectivity index (χ3v) is 8.43. The van der Waals surface area contributed by atoms with Crippen LogP contribution in [0.3, 0.4) is 0 Å². The Morgan fingerprint density at radius 3 is 0.976 bits per heavy atom. The molecule has 0 N–H and O–H groups in total. The predicted molar refractivity (Wildman–Crippen MR) is 183 cm³/mol. The number of unbranched alkanes of at least 4 members (excludes halogenated alkanes) is 26. The van der Waals surface area contributed by atoms with Gasteiger partial charge in [0.2, 0.25) is 5.24 Å². The number of halogens is 1. The van der Waals surface area contributed by atoms with Crippen LogP contribution in [0.4, 0.5) is 0 Å². The predicted octanol–water partition coefficient (Wildman–Crippen LogP) is 12.1. The van der Waals surface area contributed by atoms with E-state index in [1.165, 1.54) is 167 Å². The summed E-state index contributed by atoms with van der Waals surface area (Å²) in [6.07, 6.45) is 37.7. The summed E-state index contributed by atoms with van der Waals surface area (Å²) in [5, 5.41) is -0.473. The molecule has 0 atom stereocenters. The minimum absolute atomic E-state index is 0.0867. The Morgan fingerprint density at radius 2 is 0.714 bits per heavy atom. The quantitative estimate of drug-likeness (QED) is 0.0514. The molecule has 0 fully saturated rings. The van der Waals surface area contributed by atoms with Crippen LogP contribution in [0.1, 0.15) is 194 Å². The van der Waals surface area contributed by atoms with Crippen LogP contribution in [0.2, 0.25) is 0 Å². The van der Waals surface area contributed by atoms with Gasteiger partial charge in [-0.05, 0) is 24.4 Å². The topological polar surface area (TPSA) is 44.8 Å². The zero-order valence-corrected chi connectivity index (χ0v) is 29.2. The van der Waals surface area contributed by atoms with Gasteiger partial charge in [0.05, 0.1) is 13.2 Å². The molecule has 0 saturated heterocycles. The Kier molecular flexibility index (Phi) is 36.9. The van der Waals surface area contributed by atoms with Gasteiger partial charge in [0.15, 0.2) is 0 Å². The number of carbonyl (C=O) groups is 1. The number of hydrogen-bond acceptors (Lipinski definition) is 4. The summed E-state index contributed by atoms with van der Waals surface area (Å²) in [7, 11) is 0. The first-order valence-corrected chi connectivity index (χ1v) is 19.0. The molecule has 0 aliphatic rings. The summed E-state index contributed by atoms with van der Waals surface area (Å²) >= 11 is 5.48. The molecule has 4 nitrogen and oxygen atoms in total. The van der Waals surface area contributed by atoms with Crippen molar-refractivity contribution < 1.29 is 19.0 Å². The molecule has 0 unspecified atom stereocenters. The maximum Gasteiger partial charge on any atom is 0.247 e. The van der Waals surface area contributed by atoms with E-state index in [-0.39, 0.29) is 12.7 Å². The zero-order valence-electron chi connectivity index (χ0n) is 28.4. The highest BCUT2D eigenvalue weighted by Crippen LogP contribution is 2.14. The molecule has 0 spiro atoms. The molecule has 0 radical (unpaired) electrons. The van der Waals surface area contributed by atoms with Crippen LogP contribution in [0.15, 0.2) is 0 Å². The van der Waals surface area contributed by atoms with E-state index in [0.717, 1.165) is 26.1 Å². The van der Waals surface area contributed by atoms with Crippen LogP contribution in [-0.4, -0.2) is 44.4 Å². The lowest BCUT2D eigenvalue weighted by Crippen LogP contribution is -2.28. The fraction of sp³-hybridized carbons (Fsp3) is 0.973. The van der Waals surface area contributed by atoms with Gasteiger partial charge in [-0.2, -0.15) is 0 Å². The summed E-state index contributed by atoms with van der Waals surface area (Å²) in [6.45, 7) is 6.88. The van der Waals surface area contributed by atoms with E-state index in [2.05, 4.69) is 13.8 Å². The van der Waals surface area contributed by atoms with E-state index in [4.69, 9.17) is 25.8 Å². The largest absolute Gasteiger partial charge is 0.379 e. The fourth-order valence-electron chi connectivity index (χ4n) is 5.55. The molecule has 0 aliphatic heterocycles. The SMILES string of the molecule is CCCCCCCCCCCCCCCCOCC(COCCCCCCCCCCCCCCCC)OCC(=O)Cl. The van der Waals surface area contributed by atoms with Gasteiger partial charge in [-0.25, -0.2) is 0 Å². The van der Waals surface area contributed by atoms with Crippen LogP contribution in [0, 0.1) is 0 Å². The van der Waals surface area contributed by atoms with Crippen LogP contribution in [-0.2, 0) is 19.0 Å². The first-order chi connectivity index (χ1) is 20.7. The van der Waals surface area contributed by atoms with Crippen molar-refractivity contribution in [2.45, 2.75) is 200 Å². The molecule has 5 heteroatoms. The van der Waals surface area contributed by atoms with Crippen molar-refractivity contribution in [1.82, 2.24) is 0 Å². The molecule has 0 saturated carbocycles. The lowest BCUT2D eigenvalue weighted by molar-refractivity contribution is -0.122. The van der Waals surface area contributed by atoms with Crippen LogP contribution in [0.25, 0.3) is 0 Å². The molecule has 0 rings (SSSR count). The number of ether oxygens (including phenoxy) is 3. The van der Waals surface area contributed by atoms with Gasteiger partial charge >= 0.3 is 0 Å². The van der Waals surface area contributed by atoms with Crippen LogP contribution >= 0.6 is 11.6 Å². The van der Waals surface area contributed by atoms with Crippen molar-refractivity contribution in [2.24, 2.45) is 0 Å². The molecular weight excluding hydrogens is 544 g/mol. The molecule has 0 heterocycles. The minimum atomic E-state index is -0.473. The number of rotatable bonds is 37. The van der Waals surface area contributed by atoms with Crippen molar-refractivity contribution in [3.63, 3.8) is 0 Å². The summed E-state index contributed by atoms with van der Waals surface area (Å²) < 4.78 is 17.3. The van der Waals surface area contributed by atoms with Gasteiger partial charge in [-0.3, -0.25) is 4.79 Å². The van der Waals surface area contributed by atoms with Crippen molar-refractivity contribution in [1.29, 1.82) is 0 Å². The minimum Gasteiger partial charge on any atom is -0.379 e. The Balaban J connectivity index is 3.54. The normalized spacial score (nSPS) is 11.6. The molecule has 0 aromatic heterocycles. The smallest absolute Gasteiger partial charge is 0.247 e. The number of hydrogen-bond donors (Lipinski definition) is 0. The average Bonchev–Trinajstić information content (AvgIpc) is 2.98. The molecule has 0 amide bonds. The second-order valence-electron chi connectivity index (χ2n) is 12.6. The lowest BCUT2D eigenvalue weighted by atomic mass is 10.0. The van der Waals surface area contributed by atoms with Crippen molar-refractivity contribution in [3.8, 4) is 0 Å². The zero-order chi connectivity index (χ0) is 30.6. The third kappa shape index (κ3) is 36.0. The van der Waals surface area contributed by atoms with E-state index in [1.807, 2.05) is 0 Å². The number of carbonyl (C=O) groups excluding carboxylic acids is 1. The van der Waals surface area contributed by atoms with E-state index < -0.39 is 5.24 Å². The Bertz CT molecular complexity index is 480. The van der Waals surface area contributed by atoms with E-state index in [9.17, 15) is 4.79 Å². The van der Waals surface area contributed by atoms with Gasteiger partial charge in [0, 0.05) is 13.2 Å². The average molecular weight is 617 g/mol. The summed E-state index contributed by atoms with van der Waals surface area (Å²) in [5.41, 5.74) is 0. The molecule has 0 bridgehead atoms. The highest BCUT2D eigenvalue weighted by Gasteiger charge is 2.12. The maximum absolute atomic E-state index is 11.2. The van der Waals surface area contributed by atoms with E-state index in [1.54, 1.807) is 0 Å². The molecule has 0 aromatic carbocycles. The highest BCUT2D eigenvalue weighted by atomic mass is 35.5. The summed E-state index contributed by atoms with van der Waals surface area (Å²) in [6, 6.07) is 0.